The second kappa shape index (κ2) is 7.57. The predicted molar refractivity (Wildman–Crippen MR) is 110 cm³/mol. The molecule has 4 aromatic rings. The van der Waals surface area contributed by atoms with E-state index in [4.69, 9.17) is 16.0 Å². The molecule has 30 heavy (non-hydrogen) atoms. The van der Waals surface area contributed by atoms with Gasteiger partial charge in [0.25, 0.3) is 11.6 Å². The fraction of sp³-hybridized carbons (Fsp3) is 0.0476. The van der Waals surface area contributed by atoms with Gasteiger partial charge in [-0.25, -0.2) is 9.37 Å². The number of benzene rings is 3. The number of anilines is 1. The van der Waals surface area contributed by atoms with Crippen molar-refractivity contribution >= 4 is 40.0 Å². The van der Waals surface area contributed by atoms with Gasteiger partial charge >= 0.3 is 0 Å². The van der Waals surface area contributed by atoms with E-state index >= 15 is 0 Å². The van der Waals surface area contributed by atoms with Crippen LogP contribution in [0.5, 0.6) is 0 Å². The molecule has 0 fully saturated rings. The lowest BCUT2D eigenvalue weighted by atomic mass is 10.1. The van der Waals surface area contributed by atoms with Crippen LogP contribution in [-0.2, 0) is 0 Å². The van der Waals surface area contributed by atoms with Crippen molar-refractivity contribution in [3.8, 4) is 11.5 Å². The number of fused-ring (bicyclic) bond motifs is 1. The number of nitro groups is 1. The van der Waals surface area contributed by atoms with Crippen molar-refractivity contribution < 1.29 is 18.5 Å². The first kappa shape index (κ1) is 19.5. The van der Waals surface area contributed by atoms with E-state index in [2.05, 4.69) is 10.3 Å². The maximum atomic E-state index is 13.3. The monoisotopic (exact) mass is 425 g/mol. The van der Waals surface area contributed by atoms with Crippen LogP contribution in [0.2, 0.25) is 5.02 Å². The zero-order chi connectivity index (χ0) is 21.4. The van der Waals surface area contributed by atoms with Crippen molar-refractivity contribution in [2.75, 3.05) is 5.32 Å². The van der Waals surface area contributed by atoms with Crippen LogP contribution < -0.4 is 5.32 Å². The minimum absolute atomic E-state index is 0.129. The second-order valence-corrected chi connectivity index (χ2v) is 6.89. The number of oxazole rings is 1. The molecule has 9 heteroatoms. The number of carbonyl (C=O) groups is 1. The van der Waals surface area contributed by atoms with E-state index in [1.54, 1.807) is 18.2 Å². The third-order valence-electron chi connectivity index (χ3n) is 4.55. The highest BCUT2D eigenvalue weighted by atomic mass is 35.5. The molecule has 0 aliphatic rings. The fourth-order valence-corrected chi connectivity index (χ4v) is 3.30. The fourth-order valence-electron chi connectivity index (χ4n) is 3.05. The summed E-state index contributed by atoms with van der Waals surface area (Å²) < 4.78 is 18.9. The van der Waals surface area contributed by atoms with Gasteiger partial charge in [-0.15, -0.1) is 0 Å². The number of rotatable bonds is 4. The zero-order valence-electron chi connectivity index (χ0n) is 15.5. The molecule has 0 radical (unpaired) electrons. The first-order chi connectivity index (χ1) is 14.3. The van der Waals surface area contributed by atoms with Gasteiger partial charge in [0.15, 0.2) is 5.58 Å². The number of nitrogens with one attached hydrogen (secondary N) is 1. The number of nitro benzene ring substituents is 1. The lowest BCUT2D eigenvalue weighted by Gasteiger charge is -2.07. The number of aromatic nitrogens is 1. The highest BCUT2D eigenvalue weighted by Crippen LogP contribution is 2.31. The van der Waals surface area contributed by atoms with E-state index in [0.29, 0.717) is 22.4 Å². The summed E-state index contributed by atoms with van der Waals surface area (Å²) in [6.45, 7) is 1.52. The van der Waals surface area contributed by atoms with Crippen molar-refractivity contribution in [2.24, 2.45) is 0 Å². The van der Waals surface area contributed by atoms with Crippen LogP contribution >= 0.6 is 11.6 Å². The Kier molecular flexibility index (Phi) is 4.93. The lowest BCUT2D eigenvalue weighted by Crippen LogP contribution is -2.14. The van der Waals surface area contributed by atoms with Gasteiger partial charge in [0.1, 0.15) is 11.3 Å². The molecule has 7 nitrogen and oxygen atoms in total. The van der Waals surface area contributed by atoms with Gasteiger partial charge < -0.3 is 9.73 Å². The number of hydrogen-bond acceptors (Lipinski definition) is 5. The molecule has 150 valence electrons. The van der Waals surface area contributed by atoms with Gasteiger partial charge in [-0.2, -0.15) is 0 Å². The van der Waals surface area contributed by atoms with E-state index < -0.39 is 16.6 Å². The van der Waals surface area contributed by atoms with E-state index in [0.717, 1.165) is 0 Å². The molecule has 1 heterocycles. The van der Waals surface area contributed by atoms with Gasteiger partial charge in [-0.3, -0.25) is 14.9 Å². The van der Waals surface area contributed by atoms with Gasteiger partial charge in [-0.1, -0.05) is 17.7 Å². The Balaban J connectivity index is 1.64. The quantitative estimate of drug-likeness (QED) is 0.331. The minimum atomic E-state index is -0.532. The number of halogens is 2. The number of hydrogen-bond donors (Lipinski definition) is 1. The lowest BCUT2D eigenvalue weighted by molar-refractivity contribution is -0.385. The molecular weight excluding hydrogens is 413 g/mol. The summed E-state index contributed by atoms with van der Waals surface area (Å²) >= 11 is 6.06. The average molecular weight is 426 g/mol. The van der Waals surface area contributed by atoms with Gasteiger partial charge in [0.2, 0.25) is 5.89 Å². The number of nitrogens with zero attached hydrogens (tertiary/aromatic N) is 2. The molecular formula is C21H13ClFN3O4. The molecule has 3 aromatic carbocycles. The maximum absolute atomic E-state index is 13.3. The molecule has 0 atom stereocenters. The van der Waals surface area contributed by atoms with E-state index in [1.807, 2.05) is 0 Å². The van der Waals surface area contributed by atoms with Crippen LogP contribution in [0, 0.1) is 22.9 Å². The van der Waals surface area contributed by atoms with Crippen LogP contribution in [-0.4, -0.2) is 15.8 Å². The van der Waals surface area contributed by atoms with E-state index in [1.165, 1.54) is 43.3 Å². The van der Waals surface area contributed by atoms with Crippen molar-refractivity contribution in [3.63, 3.8) is 0 Å². The van der Waals surface area contributed by atoms with E-state index in [-0.39, 0.29) is 27.7 Å². The smallest absolute Gasteiger partial charge is 0.273 e. The van der Waals surface area contributed by atoms with Gasteiger partial charge in [0, 0.05) is 22.9 Å². The third-order valence-corrected chi connectivity index (χ3v) is 4.87. The minimum Gasteiger partial charge on any atom is -0.436 e. The SMILES string of the molecule is Cc1c(C(=O)Nc2ccc3oc(-c4ccc(F)cc4Cl)nc3c2)cccc1[N+](=O)[O-]. The molecule has 0 bridgehead atoms. The van der Waals surface area contributed by atoms with E-state index in [9.17, 15) is 19.3 Å². The Morgan fingerprint density at radius 3 is 2.73 bits per heavy atom. The largest absolute Gasteiger partial charge is 0.436 e. The molecule has 0 saturated carbocycles. The Morgan fingerprint density at radius 1 is 1.20 bits per heavy atom. The summed E-state index contributed by atoms with van der Waals surface area (Å²) in [7, 11) is 0. The Hall–Kier alpha value is -3.78. The van der Waals surface area contributed by atoms with Crippen LogP contribution in [0.15, 0.2) is 59.0 Å². The van der Waals surface area contributed by atoms with Crippen LogP contribution in [0.25, 0.3) is 22.6 Å². The van der Waals surface area contributed by atoms with Crippen molar-refractivity contribution in [1.82, 2.24) is 4.98 Å². The second-order valence-electron chi connectivity index (χ2n) is 6.49. The Morgan fingerprint density at radius 2 is 2.00 bits per heavy atom. The summed E-state index contributed by atoms with van der Waals surface area (Å²) in [6, 6.07) is 13.0. The normalized spacial score (nSPS) is 10.9. The van der Waals surface area contributed by atoms with Crippen LogP contribution in [0.4, 0.5) is 15.8 Å². The molecule has 1 aromatic heterocycles. The molecule has 0 aliphatic heterocycles. The summed E-state index contributed by atoms with van der Waals surface area (Å²) in [5, 5.41) is 14.0. The van der Waals surface area contributed by atoms with Crippen molar-refractivity contribution in [3.05, 3.63) is 86.7 Å². The van der Waals surface area contributed by atoms with Crippen molar-refractivity contribution in [1.29, 1.82) is 0 Å². The zero-order valence-corrected chi connectivity index (χ0v) is 16.2. The molecule has 1 N–H and O–H groups in total. The summed E-state index contributed by atoms with van der Waals surface area (Å²) in [4.78, 5) is 27.5. The first-order valence-electron chi connectivity index (χ1n) is 8.75. The van der Waals surface area contributed by atoms with Crippen molar-refractivity contribution in [2.45, 2.75) is 6.92 Å². The number of amides is 1. The molecule has 0 spiro atoms. The maximum Gasteiger partial charge on any atom is 0.273 e. The molecule has 0 unspecified atom stereocenters. The Bertz CT molecular complexity index is 1320. The predicted octanol–water partition coefficient (Wildman–Crippen LogP) is 5.76. The Labute approximate surface area is 174 Å². The van der Waals surface area contributed by atoms with Crippen LogP contribution in [0.1, 0.15) is 15.9 Å². The standard InChI is InChI=1S/C21H13ClFN3O4/c1-11-14(3-2-4-18(11)26(28)29)20(27)24-13-6-8-19-17(10-13)25-21(30-19)15-7-5-12(23)9-16(15)22/h2-10H,1H3,(H,24,27). The highest BCUT2D eigenvalue weighted by Gasteiger charge is 2.19. The van der Waals surface area contributed by atoms with Gasteiger partial charge in [-0.05, 0) is 49.4 Å². The summed E-state index contributed by atoms with van der Waals surface area (Å²) in [5.74, 6) is -0.741. The van der Waals surface area contributed by atoms with Crippen LogP contribution in [0.3, 0.4) is 0 Å². The molecule has 4 rings (SSSR count). The summed E-state index contributed by atoms with van der Waals surface area (Å²) in [6.07, 6.45) is 0. The first-order valence-corrected chi connectivity index (χ1v) is 9.12. The molecule has 0 aliphatic carbocycles. The molecule has 0 saturated heterocycles. The topological polar surface area (TPSA) is 98.3 Å². The average Bonchev–Trinajstić information content (AvgIpc) is 3.10. The number of carbonyl (C=O) groups excluding carboxylic acids is 1. The highest BCUT2D eigenvalue weighted by molar-refractivity contribution is 6.33. The third kappa shape index (κ3) is 3.60. The van der Waals surface area contributed by atoms with Gasteiger partial charge in [0.05, 0.1) is 15.5 Å². The molecule has 1 amide bonds. The summed E-state index contributed by atoms with van der Waals surface area (Å²) in [5.41, 5.74) is 2.12.